The average molecular weight is 323 g/mol. The van der Waals surface area contributed by atoms with Gasteiger partial charge in [0.05, 0.1) is 17.4 Å². The molecule has 0 radical (unpaired) electrons. The fourth-order valence-electron chi connectivity index (χ4n) is 1.90. The van der Waals surface area contributed by atoms with E-state index in [2.05, 4.69) is 4.72 Å². The van der Waals surface area contributed by atoms with Gasteiger partial charge in [-0.2, -0.15) is 5.26 Å². The van der Waals surface area contributed by atoms with Crippen molar-refractivity contribution < 1.29 is 13.2 Å². The second-order valence-corrected chi connectivity index (χ2v) is 6.88. The van der Waals surface area contributed by atoms with Crippen LogP contribution in [0.15, 0.2) is 23.1 Å². The molecule has 1 rings (SSSR count). The molecule has 7 heteroatoms. The number of rotatable bonds is 7. The van der Waals surface area contributed by atoms with Crippen LogP contribution in [0.3, 0.4) is 0 Å². The summed E-state index contributed by atoms with van der Waals surface area (Å²) >= 11 is 0. The van der Waals surface area contributed by atoms with Gasteiger partial charge in [-0.1, -0.05) is 12.1 Å². The number of hydrogen-bond donors (Lipinski definition) is 1. The number of nitriles is 1. The first kappa shape index (κ1) is 18.1. The maximum Gasteiger partial charge on any atom is 0.240 e. The SMILES string of the molecule is Cc1ccc(C)c(S(=O)(=O)NCCC(=O)N(C)CCC#N)c1. The lowest BCUT2D eigenvalue weighted by Gasteiger charge is -2.15. The third-order valence-corrected chi connectivity index (χ3v) is 4.85. The van der Waals surface area contributed by atoms with Gasteiger partial charge in [0.1, 0.15) is 0 Å². The number of sulfonamides is 1. The van der Waals surface area contributed by atoms with Gasteiger partial charge in [0.25, 0.3) is 0 Å². The average Bonchev–Trinajstić information content (AvgIpc) is 2.46. The number of aryl methyl sites for hydroxylation is 2. The Labute approximate surface area is 131 Å². The summed E-state index contributed by atoms with van der Waals surface area (Å²) in [5, 5.41) is 8.47. The number of nitrogens with one attached hydrogen (secondary N) is 1. The van der Waals surface area contributed by atoms with Crippen LogP contribution in [-0.4, -0.2) is 39.4 Å². The molecular formula is C15H21N3O3S. The molecule has 0 bridgehead atoms. The highest BCUT2D eigenvalue weighted by Gasteiger charge is 2.17. The summed E-state index contributed by atoms with van der Waals surface area (Å²) in [6.45, 7) is 3.94. The monoisotopic (exact) mass is 323 g/mol. The lowest BCUT2D eigenvalue weighted by Crippen LogP contribution is -2.32. The van der Waals surface area contributed by atoms with Crippen molar-refractivity contribution in [2.24, 2.45) is 0 Å². The van der Waals surface area contributed by atoms with E-state index in [0.29, 0.717) is 12.1 Å². The second kappa shape index (κ2) is 7.92. The molecule has 0 atom stereocenters. The molecule has 1 N–H and O–H groups in total. The van der Waals surface area contributed by atoms with Gasteiger partial charge in [-0.3, -0.25) is 4.79 Å². The molecule has 0 aromatic heterocycles. The smallest absolute Gasteiger partial charge is 0.240 e. The fourth-order valence-corrected chi connectivity index (χ4v) is 3.26. The zero-order chi connectivity index (χ0) is 16.8. The van der Waals surface area contributed by atoms with Gasteiger partial charge in [0.2, 0.25) is 15.9 Å². The summed E-state index contributed by atoms with van der Waals surface area (Å²) in [4.78, 5) is 13.4. The van der Waals surface area contributed by atoms with E-state index < -0.39 is 10.0 Å². The van der Waals surface area contributed by atoms with Crippen LogP contribution in [0.25, 0.3) is 0 Å². The van der Waals surface area contributed by atoms with Crippen LogP contribution < -0.4 is 4.72 Å². The van der Waals surface area contributed by atoms with Crippen LogP contribution in [0.2, 0.25) is 0 Å². The Balaban J connectivity index is 2.62. The molecular weight excluding hydrogens is 302 g/mol. The minimum Gasteiger partial charge on any atom is -0.345 e. The summed E-state index contributed by atoms with van der Waals surface area (Å²) < 4.78 is 26.9. The van der Waals surface area contributed by atoms with Gasteiger partial charge in [0.15, 0.2) is 0 Å². The molecule has 0 aliphatic rings. The second-order valence-electron chi connectivity index (χ2n) is 5.14. The summed E-state index contributed by atoms with van der Waals surface area (Å²) in [5.41, 5.74) is 1.52. The van der Waals surface area contributed by atoms with Crippen LogP contribution >= 0.6 is 0 Å². The Morgan fingerprint density at radius 1 is 1.36 bits per heavy atom. The highest BCUT2D eigenvalue weighted by molar-refractivity contribution is 7.89. The predicted molar refractivity (Wildman–Crippen MR) is 83.6 cm³/mol. The van der Waals surface area contributed by atoms with Gasteiger partial charge in [0, 0.05) is 26.6 Å². The van der Waals surface area contributed by atoms with E-state index in [0.717, 1.165) is 5.56 Å². The van der Waals surface area contributed by atoms with Crippen molar-refractivity contribution in [1.29, 1.82) is 5.26 Å². The molecule has 1 amide bonds. The highest BCUT2D eigenvalue weighted by atomic mass is 32.2. The molecule has 120 valence electrons. The highest BCUT2D eigenvalue weighted by Crippen LogP contribution is 2.16. The molecule has 0 aliphatic heterocycles. The summed E-state index contributed by atoms with van der Waals surface area (Å²) in [6, 6.07) is 7.18. The van der Waals surface area contributed by atoms with Crippen molar-refractivity contribution in [3.8, 4) is 6.07 Å². The molecule has 6 nitrogen and oxygen atoms in total. The summed E-state index contributed by atoms with van der Waals surface area (Å²) in [7, 11) is -2.03. The minimum absolute atomic E-state index is 0.0332. The predicted octanol–water partition coefficient (Wildman–Crippen LogP) is 1.34. The number of hydrogen-bond acceptors (Lipinski definition) is 4. The Morgan fingerprint density at radius 3 is 2.68 bits per heavy atom. The van der Waals surface area contributed by atoms with Crippen molar-refractivity contribution >= 4 is 15.9 Å². The van der Waals surface area contributed by atoms with Crippen molar-refractivity contribution in [3.05, 3.63) is 29.3 Å². The van der Waals surface area contributed by atoms with Gasteiger partial charge in [-0.15, -0.1) is 0 Å². The Morgan fingerprint density at radius 2 is 2.05 bits per heavy atom. The molecule has 0 saturated heterocycles. The number of benzene rings is 1. The van der Waals surface area contributed by atoms with Gasteiger partial charge >= 0.3 is 0 Å². The molecule has 0 fully saturated rings. The molecule has 1 aromatic carbocycles. The van der Waals surface area contributed by atoms with Gasteiger partial charge in [-0.05, 0) is 31.0 Å². The standard InChI is InChI=1S/C15H21N3O3S/c1-12-5-6-13(2)14(11-12)22(20,21)17-9-7-15(19)18(3)10-4-8-16/h5-6,11,17H,4,7,9-10H2,1-3H3. The van der Waals surface area contributed by atoms with Crippen LogP contribution in [0.4, 0.5) is 0 Å². The molecule has 1 aromatic rings. The zero-order valence-electron chi connectivity index (χ0n) is 13.1. The first-order valence-corrected chi connectivity index (χ1v) is 8.44. The summed E-state index contributed by atoms with van der Waals surface area (Å²) in [6.07, 6.45) is 0.322. The Hall–Kier alpha value is -1.91. The van der Waals surface area contributed by atoms with Crippen LogP contribution in [0.1, 0.15) is 24.0 Å². The van der Waals surface area contributed by atoms with E-state index in [9.17, 15) is 13.2 Å². The quantitative estimate of drug-likeness (QED) is 0.820. The fraction of sp³-hybridized carbons (Fsp3) is 0.467. The maximum absolute atomic E-state index is 12.2. The van der Waals surface area contributed by atoms with E-state index in [1.807, 2.05) is 19.1 Å². The van der Waals surface area contributed by atoms with Crippen molar-refractivity contribution in [3.63, 3.8) is 0 Å². The van der Waals surface area contributed by atoms with E-state index >= 15 is 0 Å². The van der Waals surface area contributed by atoms with Crippen molar-refractivity contribution in [1.82, 2.24) is 9.62 Å². The zero-order valence-corrected chi connectivity index (χ0v) is 13.9. The molecule has 0 unspecified atom stereocenters. The normalized spacial score (nSPS) is 11.0. The number of nitrogens with zero attached hydrogens (tertiary/aromatic N) is 2. The molecule has 0 saturated carbocycles. The number of amides is 1. The van der Waals surface area contributed by atoms with Crippen LogP contribution in [0, 0.1) is 25.2 Å². The Bertz CT molecular complexity index is 678. The molecule has 0 aliphatic carbocycles. The lowest BCUT2D eigenvalue weighted by atomic mass is 10.2. The first-order chi connectivity index (χ1) is 10.3. The van der Waals surface area contributed by atoms with E-state index in [1.165, 1.54) is 4.90 Å². The molecule has 22 heavy (non-hydrogen) atoms. The summed E-state index contributed by atoms with van der Waals surface area (Å²) in [5.74, 6) is -0.195. The van der Waals surface area contributed by atoms with Gasteiger partial charge < -0.3 is 4.90 Å². The van der Waals surface area contributed by atoms with E-state index in [1.54, 1.807) is 26.1 Å². The third kappa shape index (κ3) is 5.13. The Kier molecular flexibility index (Phi) is 6.53. The number of carbonyl (C=O) groups is 1. The van der Waals surface area contributed by atoms with Gasteiger partial charge in [-0.25, -0.2) is 13.1 Å². The minimum atomic E-state index is -3.62. The topological polar surface area (TPSA) is 90.3 Å². The number of carbonyl (C=O) groups excluding carboxylic acids is 1. The van der Waals surface area contributed by atoms with Crippen LogP contribution in [0.5, 0.6) is 0 Å². The third-order valence-electron chi connectivity index (χ3n) is 3.25. The van der Waals surface area contributed by atoms with E-state index in [4.69, 9.17) is 5.26 Å². The van der Waals surface area contributed by atoms with Crippen molar-refractivity contribution in [2.45, 2.75) is 31.6 Å². The molecule has 0 spiro atoms. The first-order valence-electron chi connectivity index (χ1n) is 6.96. The largest absolute Gasteiger partial charge is 0.345 e. The van der Waals surface area contributed by atoms with Crippen LogP contribution in [-0.2, 0) is 14.8 Å². The van der Waals surface area contributed by atoms with E-state index in [-0.39, 0.29) is 30.2 Å². The lowest BCUT2D eigenvalue weighted by molar-refractivity contribution is -0.129. The van der Waals surface area contributed by atoms with Crippen molar-refractivity contribution in [2.75, 3.05) is 20.1 Å². The molecule has 0 heterocycles. The maximum atomic E-state index is 12.2.